The number of unbranched alkanes of at least 4 members (excludes halogenated alkanes) is 1. The van der Waals surface area contributed by atoms with Crippen LogP contribution in [0.2, 0.25) is 0 Å². The molecule has 0 radical (unpaired) electrons. The third kappa shape index (κ3) is 24.7. The Morgan fingerprint density at radius 3 is 1.55 bits per heavy atom. The predicted octanol–water partition coefficient (Wildman–Crippen LogP) is -3.26. The first-order valence-electron chi connectivity index (χ1n) is 25.0. The molecule has 0 aliphatic heterocycles. The number of carboxylic acid groups (broad SMARTS) is 2. The molecule has 0 aromatic heterocycles. The van der Waals surface area contributed by atoms with E-state index in [-0.39, 0.29) is 56.9 Å². The van der Waals surface area contributed by atoms with Gasteiger partial charge in [-0.05, 0) is 100 Å². The molecule has 27 nitrogen and oxygen atoms in total. The van der Waals surface area contributed by atoms with Crippen LogP contribution in [-0.2, 0) is 54.4 Å². The van der Waals surface area contributed by atoms with Crippen LogP contribution in [0.1, 0.15) is 98.5 Å². The van der Waals surface area contributed by atoms with E-state index in [2.05, 4.69) is 47.5 Å². The Kier molecular flexibility index (Phi) is 30.7. The van der Waals surface area contributed by atoms with Crippen molar-refractivity contribution in [3.63, 3.8) is 0 Å². The SMILES string of the molecule is CCC(C)C(NC(=O)C(CCCCN)NC(=O)C(NC(=O)C(NC(=O)C(CCSC)NC(=O)C(Cc1ccc(O)cc1)NC(=O)C(C)N)C(C)O)C(C)C)C(=O)NC(CCCN=C(N)N)C(=O)NC(CC(=O)O)C(=O)O. The Bertz CT molecular complexity index is 2130. The molecule has 0 saturated heterocycles. The molecule has 1 aromatic rings. The van der Waals surface area contributed by atoms with E-state index in [9.17, 15) is 68.4 Å². The van der Waals surface area contributed by atoms with Gasteiger partial charge in [0.25, 0.3) is 0 Å². The second kappa shape index (κ2) is 34.7. The second-order valence-corrected chi connectivity index (χ2v) is 19.7. The average Bonchev–Trinajstić information content (AvgIpc) is 3.34. The molecule has 76 heavy (non-hydrogen) atoms. The summed E-state index contributed by atoms with van der Waals surface area (Å²) in [7, 11) is 0. The maximum absolute atomic E-state index is 14.2. The lowest BCUT2D eigenvalue weighted by atomic mass is 9.96. The molecule has 1 aromatic carbocycles. The van der Waals surface area contributed by atoms with Gasteiger partial charge in [0.05, 0.1) is 18.6 Å². The number of nitrogens with one attached hydrogen (secondary N) is 8. The van der Waals surface area contributed by atoms with E-state index < -0.39 is 138 Å². The summed E-state index contributed by atoms with van der Waals surface area (Å²) in [5, 5.41) is 59.5. The first kappa shape index (κ1) is 67.2. The smallest absolute Gasteiger partial charge is 0.326 e. The number of nitrogens with two attached hydrogens (primary N) is 4. The number of benzene rings is 1. The third-order valence-corrected chi connectivity index (χ3v) is 12.6. The molecule has 20 N–H and O–H groups in total. The van der Waals surface area contributed by atoms with Crippen molar-refractivity contribution in [1.82, 2.24) is 42.5 Å². The Balaban J connectivity index is 3.46. The number of hydrogen-bond acceptors (Lipinski definition) is 16. The monoisotopic (exact) mass is 1100 g/mol. The molecular weight excluding hydrogens is 1010 g/mol. The Hall–Kier alpha value is -6.78. The molecule has 28 heteroatoms. The summed E-state index contributed by atoms with van der Waals surface area (Å²) < 4.78 is 0. The average molecular weight is 1100 g/mol. The number of phenols is 1. The zero-order valence-corrected chi connectivity index (χ0v) is 45.1. The molecule has 0 aliphatic carbocycles. The quantitative estimate of drug-likeness (QED) is 0.0178. The van der Waals surface area contributed by atoms with Crippen molar-refractivity contribution in [2.24, 2.45) is 39.8 Å². The number of rotatable bonds is 36. The van der Waals surface area contributed by atoms with Crippen molar-refractivity contribution in [2.45, 2.75) is 160 Å². The van der Waals surface area contributed by atoms with E-state index in [1.54, 1.807) is 46.1 Å². The number of carbonyl (C=O) groups is 10. The molecule has 11 atom stereocenters. The van der Waals surface area contributed by atoms with Gasteiger partial charge in [0.15, 0.2) is 5.96 Å². The van der Waals surface area contributed by atoms with Crippen LogP contribution in [0, 0.1) is 11.8 Å². The van der Waals surface area contributed by atoms with Crippen molar-refractivity contribution >= 4 is 76.9 Å². The number of phenolic OH excluding ortho intramolecular Hbond substituents is 1. The van der Waals surface area contributed by atoms with Crippen molar-refractivity contribution in [3.05, 3.63) is 29.8 Å². The van der Waals surface area contributed by atoms with Crippen LogP contribution in [0.4, 0.5) is 0 Å². The minimum atomic E-state index is -1.85. The molecule has 0 heterocycles. The van der Waals surface area contributed by atoms with Crippen molar-refractivity contribution in [1.29, 1.82) is 0 Å². The van der Waals surface area contributed by atoms with Crippen LogP contribution < -0.4 is 65.5 Å². The number of aliphatic hydroxyl groups is 1. The maximum atomic E-state index is 14.2. The summed E-state index contributed by atoms with van der Waals surface area (Å²) in [4.78, 5) is 137. The number of hydrogen-bond donors (Lipinski definition) is 16. The molecule has 0 fully saturated rings. The fraction of sp³-hybridized carbons (Fsp3) is 0.646. The van der Waals surface area contributed by atoms with Gasteiger partial charge in [-0.3, -0.25) is 48.1 Å². The van der Waals surface area contributed by atoms with Gasteiger partial charge in [-0.1, -0.05) is 46.2 Å². The zero-order valence-electron chi connectivity index (χ0n) is 44.3. The molecule has 0 bridgehead atoms. The Morgan fingerprint density at radius 1 is 0.605 bits per heavy atom. The molecule has 11 unspecified atom stereocenters. The van der Waals surface area contributed by atoms with E-state index in [0.717, 1.165) is 0 Å². The normalized spacial score (nSPS) is 15.5. The lowest BCUT2D eigenvalue weighted by molar-refractivity contribution is -0.147. The number of carboxylic acids is 2. The summed E-state index contributed by atoms with van der Waals surface area (Å²) in [5.74, 6) is -11.3. The van der Waals surface area contributed by atoms with Crippen molar-refractivity contribution in [3.8, 4) is 5.75 Å². The summed E-state index contributed by atoms with van der Waals surface area (Å²) in [5.41, 5.74) is 22.9. The summed E-state index contributed by atoms with van der Waals surface area (Å²) >= 11 is 1.35. The van der Waals surface area contributed by atoms with Crippen LogP contribution in [0.5, 0.6) is 5.75 Å². The number of carbonyl (C=O) groups excluding carboxylic acids is 8. The Morgan fingerprint density at radius 2 is 1.07 bits per heavy atom. The van der Waals surface area contributed by atoms with Gasteiger partial charge >= 0.3 is 11.9 Å². The van der Waals surface area contributed by atoms with Gasteiger partial charge < -0.3 is 85.9 Å². The zero-order chi connectivity index (χ0) is 57.8. The fourth-order valence-corrected chi connectivity index (χ4v) is 7.73. The molecule has 1 rings (SSSR count). The minimum Gasteiger partial charge on any atom is -0.508 e. The van der Waals surface area contributed by atoms with Gasteiger partial charge in [0.1, 0.15) is 54.1 Å². The van der Waals surface area contributed by atoms with Crippen molar-refractivity contribution in [2.75, 3.05) is 25.1 Å². The molecule has 0 aliphatic rings. The van der Waals surface area contributed by atoms with E-state index in [4.69, 9.17) is 22.9 Å². The molecular formula is C48H81N13O14S. The van der Waals surface area contributed by atoms with Crippen LogP contribution >= 0.6 is 11.8 Å². The molecule has 0 spiro atoms. The van der Waals surface area contributed by atoms with Gasteiger partial charge in [0, 0.05) is 13.0 Å². The number of aromatic hydroxyl groups is 1. The van der Waals surface area contributed by atoms with Crippen molar-refractivity contribution < 1.29 is 68.4 Å². The summed E-state index contributed by atoms with van der Waals surface area (Å²) in [6.45, 7) is 9.40. The highest BCUT2D eigenvalue weighted by Gasteiger charge is 2.37. The third-order valence-electron chi connectivity index (χ3n) is 11.9. The van der Waals surface area contributed by atoms with Gasteiger partial charge in [-0.2, -0.15) is 11.8 Å². The maximum Gasteiger partial charge on any atom is 0.326 e. The van der Waals surface area contributed by atoms with Gasteiger partial charge in [0.2, 0.25) is 47.3 Å². The van der Waals surface area contributed by atoms with E-state index >= 15 is 0 Å². The number of guanidine groups is 1. The highest BCUT2D eigenvalue weighted by Crippen LogP contribution is 2.15. The van der Waals surface area contributed by atoms with Crippen LogP contribution in [-0.4, -0.2) is 171 Å². The number of nitrogens with zero attached hydrogens (tertiary/aromatic N) is 1. The van der Waals surface area contributed by atoms with Gasteiger partial charge in [-0.25, -0.2) is 4.79 Å². The first-order chi connectivity index (χ1) is 35.7. The van der Waals surface area contributed by atoms with E-state index in [1.165, 1.54) is 37.7 Å². The summed E-state index contributed by atoms with van der Waals surface area (Å²) in [6, 6.07) is -6.71. The summed E-state index contributed by atoms with van der Waals surface area (Å²) in [6.07, 6.45) is 0.214. The minimum absolute atomic E-state index is 0.00140. The fourth-order valence-electron chi connectivity index (χ4n) is 7.25. The topological polar surface area (TPSA) is 464 Å². The van der Waals surface area contributed by atoms with Crippen LogP contribution in [0.15, 0.2) is 29.3 Å². The Labute approximate surface area is 446 Å². The van der Waals surface area contributed by atoms with E-state index in [0.29, 0.717) is 30.6 Å². The lowest BCUT2D eigenvalue weighted by Gasteiger charge is -2.30. The molecule has 428 valence electrons. The highest BCUT2D eigenvalue weighted by molar-refractivity contribution is 7.98. The number of thioether (sulfide) groups is 1. The number of aliphatic carboxylic acids is 2. The first-order valence-corrected chi connectivity index (χ1v) is 26.4. The molecule has 0 saturated carbocycles. The number of amides is 8. The van der Waals surface area contributed by atoms with Crippen LogP contribution in [0.3, 0.4) is 0 Å². The second-order valence-electron chi connectivity index (χ2n) is 18.7. The lowest BCUT2D eigenvalue weighted by Crippen LogP contribution is -2.63. The van der Waals surface area contributed by atoms with Crippen LogP contribution in [0.25, 0.3) is 0 Å². The van der Waals surface area contributed by atoms with E-state index in [1.807, 2.05) is 0 Å². The molecule has 8 amide bonds. The standard InChI is InChI=1S/C48H81N13O14S/c1-8-25(4)37(45(72)56-31(13-11-20-53-48(51)52)40(67)58-34(47(74)75)23-35(64)65)60-41(68)30(12-9-10-19-49)55-44(71)36(24(2)3)59-46(73)38(27(6)62)61-42(69)32(18-21-76-7)54-43(70)33(57-39(66)26(5)50)22-28-14-16-29(63)17-15-28/h14-17,24-27,30-34,36-38,62-63H,8-13,18-23,49-50H2,1-7H3,(H,54,70)(H,55,71)(H,56,72)(H,57,66)(H,58,67)(H,59,73)(H,60,68)(H,61,69)(H,64,65)(H,74,75)(H4,51,52,53). The van der Waals surface area contributed by atoms with Gasteiger partial charge in [-0.15, -0.1) is 0 Å². The highest BCUT2D eigenvalue weighted by atomic mass is 32.2. The number of aliphatic hydroxyl groups excluding tert-OH is 1. The number of aliphatic imine (C=N–C) groups is 1. The largest absolute Gasteiger partial charge is 0.508 e. The predicted molar refractivity (Wildman–Crippen MR) is 283 cm³/mol.